The summed E-state index contributed by atoms with van der Waals surface area (Å²) in [6.45, 7) is 15.4. The van der Waals surface area contributed by atoms with Gasteiger partial charge in [0.1, 0.15) is 5.58 Å². The Bertz CT molecular complexity index is 914. The zero-order valence-corrected chi connectivity index (χ0v) is 19.7. The van der Waals surface area contributed by atoms with Gasteiger partial charge in [0.15, 0.2) is 0 Å². The molecule has 1 aromatic carbocycles. The maximum absolute atomic E-state index is 13.1. The van der Waals surface area contributed by atoms with Crippen LogP contribution in [0.4, 0.5) is 0 Å². The molecular formula is C25H37N3O3. The van der Waals surface area contributed by atoms with E-state index in [0.29, 0.717) is 25.4 Å². The van der Waals surface area contributed by atoms with Crippen molar-refractivity contribution in [3.8, 4) is 0 Å². The van der Waals surface area contributed by atoms with Crippen LogP contribution in [0.2, 0.25) is 0 Å². The molecule has 0 aliphatic carbocycles. The first-order valence-corrected chi connectivity index (χ1v) is 11.6. The SMILES string of the molecule is CCN(CC)C(=O)CN1CCCN(C(=O)Cc2coc3cc(C)c(C(C)C)cc23)CC1. The molecule has 0 spiro atoms. The molecule has 1 aromatic heterocycles. The average molecular weight is 428 g/mol. The lowest BCUT2D eigenvalue weighted by Crippen LogP contribution is -2.42. The summed E-state index contributed by atoms with van der Waals surface area (Å²) in [5.41, 5.74) is 4.33. The first-order valence-electron chi connectivity index (χ1n) is 11.6. The minimum Gasteiger partial charge on any atom is -0.464 e. The van der Waals surface area contributed by atoms with E-state index in [-0.39, 0.29) is 11.8 Å². The lowest BCUT2D eigenvalue weighted by atomic mass is 9.95. The van der Waals surface area contributed by atoms with Crippen LogP contribution < -0.4 is 0 Å². The predicted molar refractivity (Wildman–Crippen MR) is 124 cm³/mol. The maximum atomic E-state index is 13.1. The van der Waals surface area contributed by atoms with Crippen molar-refractivity contribution in [2.45, 2.75) is 53.4 Å². The van der Waals surface area contributed by atoms with Gasteiger partial charge in [-0.2, -0.15) is 0 Å². The van der Waals surface area contributed by atoms with Crippen molar-refractivity contribution < 1.29 is 14.0 Å². The van der Waals surface area contributed by atoms with E-state index in [1.807, 2.05) is 23.6 Å². The highest BCUT2D eigenvalue weighted by Gasteiger charge is 2.23. The van der Waals surface area contributed by atoms with Crippen LogP contribution >= 0.6 is 0 Å². The third kappa shape index (κ3) is 5.48. The standard InChI is InChI=1S/C25H37N3O3/c1-6-27(7-2)25(30)16-26-9-8-10-28(12-11-26)24(29)14-20-17-31-23-13-19(5)21(18(3)4)15-22(20)23/h13,15,17-18H,6-12,14,16H2,1-5H3. The molecule has 0 saturated carbocycles. The summed E-state index contributed by atoms with van der Waals surface area (Å²) in [5.74, 6) is 0.732. The van der Waals surface area contributed by atoms with E-state index < -0.39 is 0 Å². The molecule has 0 N–H and O–H groups in total. The second-order valence-corrected chi connectivity index (χ2v) is 8.87. The van der Waals surface area contributed by atoms with Crippen LogP contribution in [0.5, 0.6) is 0 Å². The molecule has 0 radical (unpaired) electrons. The van der Waals surface area contributed by atoms with Crippen LogP contribution in [0.15, 0.2) is 22.8 Å². The molecule has 6 nitrogen and oxygen atoms in total. The minimum absolute atomic E-state index is 0.131. The summed E-state index contributed by atoms with van der Waals surface area (Å²) in [6.07, 6.45) is 2.98. The van der Waals surface area contributed by atoms with Gasteiger partial charge in [-0.05, 0) is 56.4 Å². The molecule has 2 aromatic rings. The highest BCUT2D eigenvalue weighted by molar-refractivity contribution is 5.88. The molecule has 170 valence electrons. The number of nitrogens with zero attached hydrogens (tertiary/aromatic N) is 3. The van der Waals surface area contributed by atoms with Crippen molar-refractivity contribution in [2.24, 2.45) is 0 Å². The molecule has 2 heterocycles. The van der Waals surface area contributed by atoms with Crippen LogP contribution in [0, 0.1) is 6.92 Å². The molecule has 31 heavy (non-hydrogen) atoms. The van der Waals surface area contributed by atoms with Crippen LogP contribution in [-0.2, 0) is 16.0 Å². The van der Waals surface area contributed by atoms with E-state index in [4.69, 9.17) is 4.42 Å². The monoisotopic (exact) mass is 427 g/mol. The molecule has 1 fully saturated rings. The second kappa shape index (κ2) is 10.3. The van der Waals surface area contributed by atoms with Crippen molar-refractivity contribution in [3.05, 3.63) is 35.1 Å². The summed E-state index contributed by atoms with van der Waals surface area (Å²) >= 11 is 0. The largest absolute Gasteiger partial charge is 0.464 e. The molecule has 3 rings (SSSR count). The Morgan fingerprint density at radius 1 is 1.10 bits per heavy atom. The van der Waals surface area contributed by atoms with Crippen molar-refractivity contribution in [1.82, 2.24) is 14.7 Å². The fourth-order valence-corrected chi connectivity index (χ4v) is 4.52. The Labute approximate surface area is 186 Å². The van der Waals surface area contributed by atoms with Crippen molar-refractivity contribution in [3.63, 3.8) is 0 Å². The molecule has 0 atom stereocenters. The summed E-state index contributed by atoms with van der Waals surface area (Å²) < 4.78 is 5.76. The van der Waals surface area contributed by atoms with Crippen LogP contribution in [0.25, 0.3) is 11.0 Å². The number of furan rings is 1. The van der Waals surface area contributed by atoms with Gasteiger partial charge >= 0.3 is 0 Å². The third-order valence-corrected chi connectivity index (χ3v) is 6.42. The topological polar surface area (TPSA) is 57.0 Å². The van der Waals surface area contributed by atoms with Gasteiger partial charge in [0, 0.05) is 50.2 Å². The first-order chi connectivity index (χ1) is 14.8. The van der Waals surface area contributed by atoms with Gasteiger partial charge < -0.3 is 14.2 Å². The minimum atomic E-state index is 0.131. The number of carbonyl (C=O) groups excluding carboxylic acids is 2. The Morgan fingerprint density at radius 3 is 2.52 bits per heavy atom. The van der Waals surface area contributed by atoms with Gasteiger partial charge in [0.2, 0.25) is 11.8 Å². The van der Waals surface area contributed by atoms with Crippen LogP contribution in [0.1, 0.15) is 56.7 Å². The zero-order valence-electron chi connectivity index (χ0n) is 19.7. The summed E-state index contributed by atoms with van der Waals surface area (Å²) in [7, 11) is 0. The molecule has 6 heteroatoms. The van der Waals surface area contributed by atoms with E-state index in [9.17, 15) is 9.59 Å². The second-order valence-electron chi connectivity index (χ2n) is 8.87. The predicted octanol–water partition coefficient (Wildman–Crippen LogP) is 3.81. The number of aryl methyl sites for hydroxylation is 1. The Morgan fingerprint density at radius 2 is 1.84 bits per heavy atom. The van der Waals surface area contributed by atoms with Crippen molar-refractivity contribution in [2.75, 3.05) is 45.8 Å². The summed E-state index contributed by atoms with van der Waals surface area (Å²) in [5, 5.41) is 1.05. The summed E-state index contributed by atoms with van der Waals surface area (Å²) in [4.78, 5) is 31.5. The van der Waals surface area contributed by atoms with Gasteiger partial charge in [-0.1, -0.05) is 13.8 Å². The van der Waals surface area contributed by atoms with Gasteiger partial charge in [0.05, 0.1) is 19.2 Å². The van der Waals surface area contributed by atoms with Crippen molar-refractivity contribution in [1.29, 1.82) is 0 Å². The first kappa shape index (κ1) is 23.3. The average Bonchev–Trinajstić information content (AvgIpc) is 2.95. The maximum Gasteiger partial charge on any atom is 0.236 e. The van der Waals surface area contributed by atoms with Gasteiger partial charge in [-0.15, -0.1) is 0 Å². The molecule has 1 aliphatic rings. The third-order valence-electron chi connectivity index (χ3n) is 6.42. The zero-order chi connectivity index (χ0) is 22.5. The number of benzene rings is 1. The van der Waals surface area contributed by atoms with Gasteiger partial charge in [-0.3, -0.25) is 14.5 Å². The Balaban J connectivity index is 1.64. The number of likely N-dealkylation sites (N-methyl/N-ethyl adjacent to an activating group) is 1. The quantitative estimate of drug-likeness (QED) is 0.674. The van der Waals surface area contributed by atoms with E-state index in [1.54, 1.807) is 6.26 Å². The van der Waals surface area contributed by atoms with E-state index in [0.717, 1.165) is 55.7 Å². The number of rotatable bonds is 7. The molecule has 1 saturated heterocycles. The number of carbonyl (C=O) groups is 2. The van der Waals surface area contributed by atoms with Crippen LogP contribution in [0.3, 0.4) is 0 Å². The molecule has 0 bridgehead atoms. The Hall–Kier alpha value is -2.34. The number of amides is 2. The molecular weight excluding hydrogens is 390 g/mol. The fraction of sp³-hybridized carbons (Fsp3) is 0.600. The normalized spacial score (nSPS) is 15.5. The van der Waals surface area contributed by atoms with Crippen LogP contribution in [-0.4, -0.2) is 72.3 Å². The molecule has 2 amide bonds. The molecule has 1 aliphatic heterocycles. The number of fused-ring (bicyclic) bond motifs is 1. The highest BCUT2D eigenvalue weighted by atomic mass is 16.3. The molecule has 0 unspecified atom stereocenters. The van der Waals surface area contributed by atoms with Crippen molar-refractivity contribution >= 4 is 22.8 Å². The number of hydrogen-bond acceptors (Lipinski definition) is 4. The highest BCUT2D eigenvalue weighted by Crippen LogP contribution is 2.29. The van der Waals surface area contributed by atoms with E-state index in [1.165, 1.54) is 11.1 Å². The fourth-order valence-electron chi connectivity index (χ4n) is 4.52. The lowest BCUT2D eigenvalue weighted by molar-refractivity contribution is -0.132. The van der Waals surface area contributed by atoms with Gasteiger partial charge in [-0.25, -0.2) is 0 Å². The number of hydrogen-bond donors (Lipinski definition) is 0. The van der Waals surface area contributed by atoms with E-state index in [2.05, 4.69) is 37.8 Å². The lowest BCUT2D eigenvalue weighted by Gasteiger charge is -2.25. The summed E-state index contributed by atoms with van der Waals surface area (Å²) in [6, 6.07) is 4.26. The van der Waals surface area contributed by atoms with E-state index >= 15 is 0 Å². The smallest absolute Gasteiger partial charge is 0.236 e. The Kier molecular flexibility index (Phi) is 7.76. The van der Waals surface area contributed by atoms with Gasteiger partial charge in [0.25, 0.3) is 0 Å².